The third-order valence-corrected chi connectivity index (χ3v) is 6.20. The fourth-order valence-electron chi connectivity index (χ4n) is 3.46. The van der Waals surface area contributed by atoms with E-state index in [1.54, 1.807) is 4.90 Å². The summed E-state index contributed by atoms with van der Waals surface area (Å²) in [4.78, 5) is 28.4. The van der Waals surface area contributed by atoms with Crippen molar-refractivity contribution in [1.82, 2.24) is 20.4 Å². The third-order valence-electron chi connectivity index (χ3n) is 5.03. The van der Waals surface area contributed by atoms with Crippen molar-refractivity contribution in [2.75, 3.05) is 49.5 Å². The van der Waals surface area contributed by atoms with E-state index in [-0.39, 0.29) is 24.6 Å². The minimum absolute atomic E-state index is 0.0292. The Balaban J connectivity index is 1.20. The van der Waals surface area contributed by atoms with Crippen LogP contribution in [-0.4, -0.2) is 66.4 Å². The lowest BCUT2D eigenvalue weighted by Gasteiger charge is -2.36. The number of halogens is 1. The fourth-order valence-corrected chi connectivity index (χ4v) is 4.49. The summed E-state index contributed by atoms with van der Waals surface area (Å²) < 4.78 is 5.57. The molecule has 4 rings (SSSR count). The number of nitrogens with zero attached hydrogens (tertiary/aromatic N) is 4. The number of benzene rings is 1. The first kappa shape index (κ1) is 20.8. The van der Waals surface area contributed by atoms with Crippen molar-refractivity contribution in [3.63, 3.8) is 0 Å². The van der Waals surface area contributed by atoms with Crippen molar-refractivity contribution in [1.29, 1.82) is 0 Å². The van der Waals surface area contributed by atoms with Gasteiger partial charge in [-0.25, -0.2) is 4.79 Å². The van der Waals surface area contributed by atoms with E-state index >= 15 is 0 Å². The summed E-state index contributed by atoms with van der Waals surface area (Å²) in [5, 5.41) is 15.3. The number of amides is 3. The van der Waals surface area contributed by atoms with Crippen molar-refractivity contribution in [2.24, 2.45) is 0 Å². The van der Waals surface area contributed by atoms with Gasteiger partial charge in [-0.05, 0) is 31.0 Å². The van der Waals surface area contributed by atoms with Gasteiger partial charge >= 0.3 is 6.03 Å². The van der Waals surface area contributed by atoms with Crippen molar-refractivity contribution in [3.05, 3.63) is 34.3 Å². The van der Waals surface area contributed by atoms with Crippen LogP contribution in [0.15, 0.2) is 24.3 Å². The van der Waals surface area contributed by atoms with Crippen molar-refractivity contribution < 1.29 is 14.3 Å². The predicted molar refractivity (Wildman–Crippen MR) is 115 cm³/mol. The molecule has 3 amide bonds. The van der Waals surface area contributed by atoms with E-state index in [0.29, 0.717) is 36.3 Å². The zero-order chi connectivity index (χ0) is 20.9. The average Bonchev–Trinajstić information content (AvgIpc) is 3.44. The van der Waals surface area contributed by atoms with Gasteiger partial charge in [0.2, 0.25) is 11.0 Å². The highest BCUT2D eigenvalue weighted by Gasteiger charge is 2.23. The van der Waals surface area contributed by atoms with Crippen molar-refractivity contribution in [3.8, 4) is 0 Å². The number of rotatable bonds is 5. The molecular weight excluding hydrogens is 428 g/mol. The van der Waals surface area contributed by atoms with Crippen LogP contribution in [-0.2, 0) is 9.53 Å². The Bertz CT molecular complexity index is 896. The molecule has 0 aliphatic carbocycles. The summed E-state index contributed by atoms with van der Waals surface area (Å²) in [7, 11) is 0. The zero-order valence-corrected chi connectivity index (χ0v) is 17.9. The standard InChI is InChI=1S/C19H23ClN6O3S/c20-13-3-1-4-14(11-13)25-6-8-26(9-7-25)19(28)21-12-16(27)22-18-24-23-17(30-18)15-5-2-10-29-15/h1,3-4,11,15H,2,5-10,12H2,(H,21,28)(H,22,24,27)/t15-/m0/s1. The van der Waals surface area contributed by atoms with Crippen LogP contribution in [0.2, 0.25) is 5.02 Å². The van der Waals surface area contributed by atoms with Gasteiger partial charge in [0, 0.05) is 43.5 Å². The monoisotopic (exact) mass is 450 g/mol. The molecule has 0 saturated carbocycles. The summed E-state index contributed by atoms with van der Waals surface area (Å²) in [5.74, 6) is -0.337. The number of hydrogen-bond donors (Lipinski definition) is 2. The zero-order valence-electron chi connectivity index (χ0n) is 16.3. The third kappa shape index (κ3) is 5.18. The summed E-state index contributed by atoms with van der Waals surface area (Å²) in [5.41, 5.74) is 1.04. The maximum Gasteiger partial charge on any atom is 0.317 e. The van der Waals surface area contributed by atoms with E-state index in [4.69, 9.17) is 16.3 Å². The maximum atomic E-state index is 12.4. The summed E-state index contributed by atoms with van der Waals surface area (Å²) >= 11 is 7.36. The van der Waals surface area contributed by atoms with Crippen LogP contribution in [0.3, 0.4) is 0 Å². The summed E-state index contributed by atoms with van der Waals surface area (Å²) in [6, 6.07) is 7.42. The van der Waals surface area contributed by atoms with E-state index in [1.807, 2.05) is 24.3 Å². The molecule has 1 aromatic carbocycles. The van der Waals surface area contributed by atoms with E-state index in [1.165, 1.54) is 11.3 Å². The molecule has 160 valence electrons. The molecule has 2 aliphatic heterocycles. The van der Waals surface area contributed by atoms with E-state index in [9.17, 15) is 9.59 Å². The van der Waals surface area contributed by atoms with Crippen LogP contribution in [0.1, 0.15) is 24.0 Å². The molecule has 9 nitrogen and oxygen atoms in total. The maximum absolute atomic E-state index is 12.4. The number of anilines is 2. The minimum atomic E-state index is -0.337. The van der Waals surface area contributed by atoms with Gasteiger partial charge in [0.25, 0.3) is 0 Å². The molecule has 2 aliphatic rings. The number of carbonyl (C=O) groups is 2. The van der Waals surface area contributed by atoms with Crippen LogP contribution >= 0.6 is 22.9 Å². The first-order chi connectivity index (χ1) is 14.6. The lowest BCUT2D eigenvalue weighted by molar-refractivity contribution is -0.115. The van der Waals surface area contributed by atoms with Gasteiger partial charge in [-0.15, -0.1) is 10.2 Å². The lowest BCUT2D eigenvalue weighted by atomic mass is 10.2. The van der Waals surface area contributed by atoms with Gasteiger partial charge in [0.05, 0.1) is 6.54 Å². The average molecular weight is 451 g/mol. The number of urea groups is 1. The van der Waals surface area contributed by atoms with Crippen LogP contribution in [0.4, 0.5) is 15.6 Å². The smallest absolute Gasteiger partial charge is 0.317 e. The molecular formula is C19H23ClN6O3S. The van der Waals surface area contributed by atoms with Gasteiger partial charge < -0.3 is 19.9 Å². The highest BCUT2D eigenvalue weighted by molar-refractivity contribution is 7.15. The Morgan fingerprint density at radius 1 is 1.23 bits per heavy atom. The van der Waals surface area contributed by atoms with Gasteiger partial charge in [-0.2, -0.15) is 0 Å². The second-order valence-corrected chi connectivity index (χ2v) is 8.55. The van der Waals surface area contributed by atoms with Crippen LogP contribution < -0.4 is 15.5 Å². The molecule has 30 heavy (non-hydrogen) atoms. The largest absolute Gasteiger partial charge is 0.371 e. The topological polar surface area (TPSA) is 99.7 Å². The number of ether oxygens (including phenoxy) is 1. The molecule has 2 saturated heterocycles. The number of nitrogens with one attached hydrogen (secondary N) is 2. The second-order valence-electron chi connectivity index (χ2n) is 7.11. The molecule has 0 bridgehead atoms. The second kappa shape index (κ2) is 9.59. The Kier molecular flexibility index (Phi) is 6.66. The SMILES string of the molecule is O=C(CNC(=O)N1CCN(c2cccc(Cl)c2)CC1)Nc1nnc([C@@H]2CCCO2)s1. The predicted octanol–water partition coefficient (Wildman–Crippen LogP) is 2.51. The number of hydrogen-bond acceptors (Lipinski definition) is 7. The molecule has 2 N–H and O–H groups in total. The Hall–Kier alpha value is -2.43. The van der Waals surface area contributed by atoms with E-state index in [0.717, 1.165) is 30.1 Å². The number of piperazine rings is 1. The molecule has 3 heterocycles. The Labute approximate surface area is 183 Å². The van der Waals surface area contributed by atoms with Gasteiger partial charge in [-0.1, -0.05) is 29.0 Å². The van der Waals surface area contributed by atoms with Crippen LogP contribution in [0.5, 0.6) is 0 Å². The van der Waals surface area contributed by atoms with Crippen LogP contribution in [0, 0.1) is 0 Å². The molecule has 0 spiro atoms. The minimum Gasteiger partial charge on any atom is -0.371 e. The molecule has 0 unspecified atom stereocenters. The highest BCUT2D eigenvalue weighted by Crippen LogP contribution is 2.31. The van der Waals surface area contributed by atoms with Crippen molar-refractivity contribution >= 4 is 45.7 Å². The molecule has 11 heteroatoms. The number of carbonyl (C=O) groups excluding carboxylic acids is 2. The summed E-state index contributed by atoms with van der Waals surface area (Å²) in [6.45, 7) is 3.16. The molecule has 1 aromatic heterocycles. The first-order valence-corrected chi connectivity index (χ1v) is 11.1. The molecule has 2 aromatic rings. The molecule has 1 atom stereocenters. The quantitative estimate of drug-likeness (QED) is 0.726. The normalized spacial score (nSPS) is 19.0. The Morgan fingerprint density at radius 3 is 2.80 bits per heavy atom. The van der Waals surface area contributed by atoms with E-state index < -0.39 is 0 Å². The Morgan fingerprint density at radius 2 is 2.07 bits per heavy atom. The van der Waals surface area contributed by atoms with Crippen molar-refractivity contribution in [2.45, 2.75) is 18.9 Å². The van der Waals surface area contributed by atoms with E-state index in [2.05, 4.69) is 25.7 Å². The van der Waals surface area contributed by atoms with Gasteiger partial charge in [0.1, 0.15) is 11.1 Å². The molecule has 2 fully saturated rings. The lowest BCUT2D eigenvalue weighted by Crippen LogP contribution is -2.52. The van der Waals surface area contributed by atoms with Crippen LogP contribution in [0.25, 0.3) is 0 Å². The summed E-state index contributed by atoms with van der Waals surface area (Å²) in [6.07, 6.45) is 1.90. The molecule has 0 radical (unpaired) electrons. The highest BCUT2D eigenvalue weighted by atomic mass is 35.5. The van der Waals surface area contributed by atoms with Gasteiger partial charge in [0.15, 0.2) is 0 Å². The first-order valence-electron chi connectivity index (χ1n) is 9.86. The fraction of sp³-hybridized carbons (Fsp3) is 0.474. The number of aromatic nitrogens is 2. The van der Waals surface area contributed by atoms with Gasteiger partial charge in [-0.3, -0.25) is 10.1 Å².